The molecule has 1 amide bonds. The normalized spacial score (nSPS) is 10.4. The third-order valence-corrected chi connectivity index (χ3v) is 4.33. The Morgan fingerprint density at radius 1 is 1.12 bits per heavy atom. The minimum Gasteiger partial charge on any atom is -0.481 e. The van der Waals surface area contributed by atoms with Crippen molar-refractivity contribution >= 4 is 28.3 Å². The standard InChI is InChI=1S/C18H13FN2O3S/c19-13-8-4-7-12(9-13)17(24)21-18-20-16(11-5-2-1-3-6-11)14(25-18)10-15(22)23/h1-9H,10H2,(H,22,23)(H,20,21,24). The predicted molar refractivity (Wildman–Crippen MR) is 93.2 cm³/mol. The van der Waals surface area contributed by atoms with Crippen molar-refractivity contribution in [2.24, 2.45) is 0 Å². The molecule has 2 aromatic carbocycles. The fourth-order valence-corrected chi connectivity index (χ4v) is 3.25. The van der Waals surface area contributed by atoms with Gasteiger partial charge >= 0.3 is 5.97 Å². The van der Waals surface area contributed by atoms with Crippen molar-refractivity contribution in [3.8, 4) is 11.3 Å². The molecule has 0 radical (unpaired) electrons. The van der Waals surface area contributed by atoms with E-state index in [0.717, 1.165) is 23.0 Å². The summed E-state index contributed by atoms with van der Waals surface area (Å²) in [6.45, 7) is 0. The van der Waals surface area contributed by atoms with Crippen LogP contribution >= 0.6 is 11.3 Å². The predicted octanol–water partition coefficient (Wildman–Crippen LogP) is 3.83. The number of hydrogen-bond acceptors (Lipinski definition) is 4. The minimum absolute atomic E-state index is 0.163. The molecule has 0 bridgehead atoms. The largest absolute Gasteiger partial charge is 0.481 e. The number of carboxylic acid groups (broad SMARTS) is 1. The van der Waals surface area contributed by atoms with Crippen LogP contribution in [0.5, 0.6) is 0 Å². The van der Waals surface area contributed by atoms with Crippen LogP contribution in [0.25, 0.3) is 11.3 Å². The molecule has 0 aliphatic carbocycles. The molecule has 0 saturated carbocycles. The van der Waals surface area contributed by atoms with Gasteiger partial charge in [-0.1, -0.05) is 36.4 Å². The Balaban J connectivity index is 1.90. The molecule has 0 unspecified atom stereocenters. The molecule has 0 spiro atoms. The van der Waals surface area contributed by atoms with Gasteiger partial charge in [-0.3, -0.25) is 14.9 Å². The first-order chi connectivity index (χ1) is 12.0. The third-order valence-electron chi connectivity index (χ3n) is 3.36. The van der Waals surface area contributed by atoms with Gasteiger partial charge in [0.2, 0.25) is 0 Å². The summed E-state index contributed by atoms with van der Waals surface area (Å²) in [6.07, 6.45) is -0.197. The molecule has 25 heavy (non-hydrogen) atoms. The van der Waals surface area contributed by atoms with Crippen LogP contribution < -0.4 is 5.32 Å². The molecule has 0 aliphatic heterocycles. The summed E-state index contributed by atoms with van der Waals surface area (Å²) in [5, 5.41) is 12.0. The second-order valence-corrected chi connectivity index (χ2v) is 6.28. The van der Waals surface area contributed by atoms with Gasteiger partial charge in [-0.25, -0.2) is 9.37 Å². The number of carboxylic acids is 1. The van der Waals surface area contributed by atoms with Crippen LogP contribution in [-0.4, -0.2) is 22.0 Å². The smallest absolute Gasteiger partial charge is 0.308 e. The van der Waals surface area contributed by atoms with Gasteiger partial charge in [-0.15, -0.1) is 11.3 Å². The van der Waals surface area contributed by atoms with E-state index in [2.05, 4.69) is 10.3 Å². The lowest BCUT2D eigenvalue weighted by molar-refractivity contribution is -0.136. The Hall–Kier alpha value is -3.06. The Morgan fingerprint density at radius 2 is 1.88 bits per heavy atom. The highest BCUT2D eigenvalue weighted by molar-refractivity contribution is 7.16. The molecule has 3 rings (SSSR count). The van der Waals surface area contributed by atoms with E-state index < -0.39 is 17.7 Å². The van der Waals surface area contributed by atoms with Crippen molar-refractivity contribution in [2.75, 3.05) is 5.32 Å². The average molecular weight is 356 g/mol. The molecule has 1 heterocycles. The van der Waals surface area contributed by atoms with Crippen LogP contribution in [0, 0.1) is 5.82 Å². The first kappa shape index (κ1) is 16.8. The number of aliphatic carboxylic acids is 1. The lowest BCUT2D eigenvalue weighted by Gasteiger charge is -2.01. The van der Waals surface area contributed by atoms with Crippen molar-refractivity contribution in [3.63, 3.8) is 0 Å². The van der Waals surface area contributed by atoms with E-state index >= 15 is 0 Å². The minimum atomic E-state index is -0.983. The zero-order valence-corrected chi connectivity index (χ0v) is 13.7. The maximum atomic E-state index is 13.2. The number of thiazole rings is 1. The van der Waals surface area contributed by atoms with E-state index in [0.29, 0.717) is 10.6 Å². The maximum absolute atomic E-state index is 13.2. The maximum Gasteiger partial charge on any atom is 0.308 e. The molecule has 5 nitrogen and oxygen atoms in total. The third kappa shape index (κ3) is 4.07. The Kier molecular flexibility index (Phi) is 4.85. The first-order valence-corrected chi connectivity index (χ1v) is 8.18. The quantitative estimate of drug-likeness (QED) is 0.728. The number of amides is 1. The Bertz CT molecular complexity index is 925. The number of anilines is 1. The van der Waals surface area contributed by atoms with Crippen LogP contribution in [-0.2, 0) is 11.2 Å². The summed E-state index contributed by atoms with van der Waals surface area (Å²) in [7, 11) is 0. The second kappa shape index (κ2) is 7.23. The van der Waals surface area contributed by atoms with Crippen LogP contribution in [0.15, 0.2) is 54.6 Å². The van der Waals surface area contributed by atoms with Crippen molar-refractivity contribution in [1.82, 2.24) is 4.98 Å². The Labute approximate surface area is 146 Å². The molecule has 0 fully saturated rings. The van der Waals surface area contributed by atoms with Gasteiger partial charge in [0.25, 0.3) is 5.91 Å². The summed E-state index contributed by atoms with van der Waals surface area (Å²) < 4.78 is 13.2. The van der Waals surface area contributed by atoms with E-state index in [4.69, 9.17) is 5.11 Å². The first-order valence-electron chi connectivity index (χ1n) is 7.37. The van der Waals surface area contributed by atoms with Gasteiger partial charge in [-0.05, 0) is 18.2 Å². The van der Waals surface area contributed by atoms with Gasteiger partial charge < -0.3 is 5.11 Å². The van der Waals surface area contributed by atoms with Gasteiger partial charge in [0.05, 0.1) is 12.1 Å². The van der Waals surface area contributed by atoms with Crippen LogP contribution in [0.3, 0.4) is 0 Å². The number of hydrogen-bond donors (Lipinski definition) is 2. The van der Waals surface area contributed by atoms with Gasteiger partial charge in [-0.2, -0.15) is 0 Å². The Morgan fingerprint density at radius 3 is 2.56 bits per heavy atom. The zero-order valence-electron chi connectivity index (χ0n) is 12.9. The summed E-state index contributed by atoms with van der Waals surface area (Å²) >= 11 is 1.09. The number of aromatic nitrogens is 1. The van der Waals surface area contributed by atoms with E-state index in [-0.39, 0.29) is 17.1 Å². The fraction of sp³-hybridized carbons (Fsp3) is 0.0556. The van der Waals surface area contributed by atoms with E-state index in [9.17, 15) is 14.0 Å². The topological polar surface area (TPSA) is 79.3 Å². The molecule has 0 atom stereocenters. The monoisotopic (exact) mass is 356 g/mol. The summed E-state index contributed by atoms with van der Waals surface area (Å²) in [5.41, 5.74) is 1.44. The second-order valence-electron chi connectivity index (χ2n) is 5.19. The number of rotatable bonds is 5. The molecule has 2 N–H and O–H groups in total. The van der Waals surface area contributed by atoms with Crippen molar-refractivity contribution < 1.29 is 19.1 Å². The number of nitrogens with one attached hydrogen (secondary N) is 1. The van der Waals surface area contributed by atoms with E-state index in [1.54, 1.807) is 0 Å². The van der Waals surface area contributed by atoms with Crippen molar-refractivity contribution in [1.29, 1.82) is 0 Å². The summed E-state index contributed by atoms with van der Waals surface area (Å²) in [5.74, 6) is -2.00. The van der Waals surface area contributed by atoms with Gasteiger partial charge in [0.15, 0.2) is 5.13 Å². The highest BCUT2D eigenvalue weighted by atomic mass is 32.1. The summed E-state index contributed by atoms with van der Waals surface area (Å²) in [6, 6.07) is 14.4. The van der Waals surface area contributed by atoms with E-state index in [1.807, 2.05) is 30.3 Å². The lowest BCUT2D eigenvalue weighted by atomic mass is 10.1. The van der Waals surface area contributed by atoms with Crippen LogP contribution in [0.1, 0.15) is 15.2 Å². The van der Waals surface area contributed by atoms with Crippen LogP contribution in [0.4, 0.5) is 9.52 Å². The fourth-order valence-electron chi connectivity index (χ4n) is 2.28. The zero-order chi connectivity index (χ0) is 17.8. The molecule has 0 saturated heterocycles. The van der Waals surface area contributed by atoms with E-state index in [1.165, 1.54) is 18.2 Å². The van der Waals surface area contributed by atoms with Gasteiger partial charge in [0.1, 0.15) is 5.82 Å². The average Bonchev–Trinajstić information content (AvgIpc) is 2.97. The number of benzene rings is 2. The SMILES string of the molecule is O=C(O)Cc1sc(NC(=O)c2cccc(F)c2)nc1-c1ccccc1. The van der Waals surface area contributed by atoms with Gasteiger partial charge in [0, 0.05) is 16.0 Å². The number of halogens is 1. The highest BCUT2D eigenvalue weighted by Crippen LogP contribution is 2.31. The molecular formula is C18H13FN2O3S. The molecular weight excluding hydrogens is 343 g/mol. The number of carbonyl (C=O) groups excluding carboxylic acids is 1. The van der Waals surface area contributed by atoms with Crippen molar-refractivity contribution in [3.05, 3.63) is 70.9 Å². The molecule has 3 aromatic rings. The molecule has 0 aliphatic rings. The molecule has 1 aromatic heterocycles. The molecule has 126 valence electrons. The highest BCUT2D eigenvalue weighted by Gasteiger charge is 2.17. The molecule has 7 heteroatoms. The van der Waals surface area contributed by atoms with Crippen LogP contribution in [0.2, 0.25) is 0 Å². The lowest BCUT2D eigenvalue weighted by Crippen LogP contribution is -2.11. The summed E-state index contributed by atoms with van der Waals surface area (Å²) in [4.78, 5) is 28.2. The van der Waals surface area contributed by atoms with Crippen molar-refractivity contribution in [2.45, 2.75) is 6.42 Å². The number of nitrogens with zero attached hydrogens (tertiary/aromatic N) is 1. The number of carbonyl (C=O) groups is 2.